The minimum absolute atomic E-state index is 0.594. The highest BCUT2D eigenvalue weighted by Crippen LogP contribution is 2.26. The van der Waals surface area contributed by atoms with E-state index in [4.69, 9.17) is 0 Å². The number of hydrogen-bond donors (Lipinski definition) is 1. The average Bonchev–Trinajstić information content (AvgIpc) is 2.66. The van der Waals surface area contributed by atoms with E-state index in [-0.39, 0.29) is 0 Å². The van der Waals surface area contributed by atoms with E-state index >= 15 is 0 Å². The predicted octanol–water partition coefficient (Wildman–Crippen LogP) is 4.06. The number of nitrogens with one attached hydrogen (secondary N) is 1. The third kappa shape index (κ3) is 3.54. The normalized spacial score (nSPS) is 22.0. The van der Waals surface area contributed by atoms with Crippen LogP contribution < -0.4 is 10.2 Å². The molecule has 2 rings (SSSR count). The van der Waals surface area contributed by atoms with E-state index < -0.39 is 0 Å². The Bertz CT molecular complexity index is 416. The molecule has 20 heavy (non-hydrogen) atoms. The van der Waals surface area contributed by atoms with Crippen molar-refractivity contribution in [2.75, 3.05) is 18.0 Å². The van der Waals surface area contributed by atoms with Crippen LogP contribution in [0.25, 0.3) is 0 Å². The van der Waals surface area contributed by atoms with Crippen molar-refractivity contribution in [1.82, 2.24) is 5.32 Å². The number of fused-ring (bicyclic) bond motifs is 1. The molecule has 2 nitrogen and oxygen atoms in total. The first kappa shape index (κ1) is 15.4. The Kier molecular flexibility index (Phi) is 5.47. The summed E-state index contributed by atoms with van der Waals surface area (Å²) in [6.45, 7) is 12.6. The monoisotopic (exact) mass is 274 g/mol. The van der Waals surface area contributed by atoms with Crippen LogP contribution in [0.4, 0.5) is 5.69 Å². The zero-order chi connectivity index (χ0) is 14.5. The maximum absolute atomic E-state index is 3.77. The Morgan fingerprint density at radius 2 is 1.95 bits per heavy atom. The summed E-state index contributed by atoms with van der Waals surface area (Å²) in [6, 6.07) is 9.48. The second-order valence-corrected chi connectivity index (χ2v) is 6.42. The van der Waals surface area contributed by atoms with Crippen molar-refractivity contribution < 1.29 is 0 Å². The zero-order valence-corrected chi connectivity index (χ0v) is 13.5. The minimum Gasteiger partial charge on any atom is -0.369 e. The summed E-state index contributed by atoms with van der Waals surface area (Å²) in [4.78, 5) is 2.61. The third-order valence-electron chi connectivity index (χ3n) is 4.86. The molecule has 0 saturated carbocycles. The molecule has 3 unspecified atom stereocenters. The van der Waals surface area contributed by atoms with Crippen LogP contribution >= 0.6 is 0 Å². The van der Waals surface area contributed by atoms with Gasteiger partial charge in [0.15, 0.2) is 0 Å². The lowest BCUT2D eigenvalue weighted by molar-refractivity contribution is 0.366. The topological polar surface area (TPSA) is 15.3 Å². The molecule has 2 heteroatoms. The smallest absolute Gasteiger partial charge is 0.0412 e. The van der Waals surface area contributed by atoms with Gasteiger partial charge in [-0.1, -0.05) is 58.7 Å². The first-order valence-corrected chi connectivity index (χ1v) is 8.21. The number of nitrogens with zero attached hydrogens (tertiary/aromatic N) is 1. The highest BCUT2D eigenvalue weighted by molar-refractivity contribution is 5.54. The maximum atomic E-state index is 3.77. The van der Waals surface area contributed by atoms with E-state index in [2.05, 4.69) is 62.2 Å². The summed E-state index contributed by atoms with van der Waals surface area (Å²) in [5, 5.41) is 3.77. The van der Waals surface area contributed by atoms with Crippen LogP contribution in [0, 0.1) is 11.8 Å². The second-order valence-electron chi connectivity index (χ2n) is 6.42. The fourth-order valence-corrected chi connectivity index (χ4v) is 2.95. The van der Waals surface area contributed by atoms with Gasteiger partial charge >= 0.3 is 0 Å². The first-order chi connectivity index (χ1) is 9.65. The van der Waals surface area contributed by atoms with Gasteiger partial charge in [0.1, 0.15) is 0 Å². The minimum atomic E-state index is 0.594. The lowest BCUT2D eigenvalue weighted by atomic mass is 9.98. The van der Waals surface area contributed by atoms with Crippen molar-refractivity contribution in [2.24, 2.45) is 11.8 Å². The molecule has 0 aliphatic carbocycles. The molecule has 0 saturated heterocycles. The van der Waals surface area contributed by atoms with Crippen molar-refractivity contribution in [2.45, 2.75) is 53.1 Å². The van der Waals surface area contributed by atoms with Gasteiger partial charge in [0.05, 0.1) is 0 Å². The van der Waals surface area contributed by atoms with Gasteiger partial charge in [0.25, 0.3) is 0 Å². The van der Waals surface area contributed by atoms with Gasteiger partial charge in [-0.2, -0.15) is 0 Å². The first-order valence-electron chi connectivity index (χ1n) is 8.21. The molecule has 0 aromatic heterocycles. The Morgan fingerprint density at radius 1 is 1.20 bits per heavy atom. The van der Waals surface area contributed by atoms with Gasteiger partial charge in [0.2, 0.25) is 0 Å². The van der Waals surface area contributed by atoms with Crippen LogP contribution in [-0.2, 0) is 6.54 Å². The zero-order valence-electron chi connectivity index (χ0n) is 13.5. The molecule has 1 aromatic rings. The molecule has 1 aliphatic heterocycles. The van der Waals surface area contributed by atoms with Crippen LogP contribution in [0.3, 0.4) is 0 Å². The van der Waals surface area contributed by atoms with Gasteiger partial charge in [0, 0.05) is 31.4 Å². The summed E-state index contributed by atoms with van der Waals surface area (Å²) < 4.78 is 0. The summed E-state index contributed by atoms with van der Waals surface area (Å²) >= 11 is 0. The highest BCUT2D eigenvalue weighted by atomic mass is 15.2. The summed E-state index contributed by atoms with van der Waals surface area (Å²) in [5.74, 6) is 1.47. The van der Waals surface area contributed by atoms with Gasteiger partial charge in [-0.3, -0.25) is 0 Å². The highest BCUT2D eigenvalue weighted by Gasteiger charge is 2.24. The van der Waals surface area contributed by atoms with Crippen LogP contribution in [0.1, 0.15) is 46.1 Å². The van der Waals surface area contributed by atoms with Gasteiger partial charge in [-0.15, -0.1) is 0 Å². The van der Waals surface area contributed by atoms with Crippen molar-refractivity contribution >= 4 is 5.69 Å². The standard InChI is InChI=1S/C18H30N2/c1-5-14(3)12-20-13-17(15(4)6-2)19-11-16-9-7-8-10-18(16)20/h7-10,14-15,17,19H,5-6,11-13H2,1-4H3. The average molecular weight is 274 g/mol. The Labute approximate surface area is 124 Å². The number of benzene rings is 1. The quantitative estimate of drug-likeness (QED) is 0.871. The van der Waals surface area contributed by atoms with Crippen LogP contribution in [0.2, 0.25) is 0 Å². The second kappa shape index (κ2) is 7.12. The Hall–Kier alpha value is -1.02. The molecular weight excluding hydrogens is 244 g/mol. The molecule has 1 N–H and O–H groups in total. The largest absolute Gasteiger partial charge is 0.369 e. The molecule has 0 fully saturated rings. The molecule has 1 aromatic carbocycles. The summed E-state index contributed by atoms with van der Waals surface area (Å²) in [7, 11) is 0. The van der Waals surface area contributed by atoms with Gasteiger partial charge in [-0.05, 0) is 23.5 Å². The number of para-hydroxylation sites is 1. The molecule has 0 spiro atoms. The van der Waals surface area contributed by atoms with E-state index in [1.807, 2.05) is 0 Å². The fourth-order valence-electron chi connectivity index (χ4n) is 2.95. The van der Waals surface area contributed by atoms with E-state index in [9.17, 15) is 0 Å². The van der Waals surface area contributed by atoms with Crippen molar-refractivity contribution in [3.05, 3.63) is 29.8 Å². The molecule has 1 aliphatic rings. The summed E-state index contributed by atoms with van der Waals surface area (Å²) in [5.41, 5.74) is 2.88. The summed E-state index contributed by atoms with van der Waals surface area (Å²) in [6.07, 6.45) is 2.49. The van der Waals surface area contributed by atoms with Crippen molar-refractivity contribution in [3.63, 3.8) is 0 Å². The van der Waals surface area contributed by atoms with Crippen LogP contribution in [-0.4, -0.2) is 19.1 Å². The third-order valence-corrected chi connectivity index (χ3v) is 4.86. The van der Waals surface area contributed by atoms with E-state index in [0.717, 1.165) is 24.9 Å². The lowest BCUT2D eigenvalue weighted by Gasteiger charge is -2.32. The fraction of sp³-hybridized carbons (Fsp3) is 0.667. The molecule has 0 radical (unpaired) electrons. The number of hydrogen-bond acceptors (Lipinski definition) is 2. The van der Waals surface area contributed by atoms with Crippen LogP contribution in [0.5, 0.6) is 0 Å². The van der Waals surface area contributed by atoms with E-state index in [1.54, 1.807) is 0 Å². The van der Waals surface area contributed by atoms with E-state index in [1.165, 1.54) is 30.6 Å². The SMILES string of the molecule is CCC(C)CN1CC(C(C)CC)NCc2ccccc21. The molecule has 3 atom stereocenters. The molecule has 1 heterocycles. The van der Waals surface area contributed by atoms with Gasteiger partial charge < -0.3 is 10.2 Å². The molecule has 0 bridgehead atoms. The predicted molar refractivity (Wildman–Crippen MR) is 88.2 cm³/mol. The van der Waals surface area contributed by atoms with Crippen molar-refractivity contribution in [3.8, 4) is 0 Å². The molecule has 112 valence electrons. The van der Waals surface area contributed by atoms with Crippen molar-refractivity contribution in [1.29, 1.82) is 0 Å². The van der Waals surface area contributed by atoms with E-state index in [0.29, 0.717) is 6.04 Å². The Balaban J connectivity index is 2.22. The van der Waals surface area contributed by atoms with Crippen LogP contribution in [0.15, 0.2) is 24.3 Å². The van der Waals surface area contributed by atoms with Gasteiger partial charge in [-0.25, -0.2) is 0 Å². The number of anilines is 1. The lowest BCUT2D eigenvalue weighted by Crippen LogP contribution is -2.43. The Morgan fingerprint density at radius 3 is 2.65 bits per heavy atom. The maximum Gasteiger partial charge on any atom is 0.0412 e. The number of rotatable bonds is 5. The molecule has 0 amide bonds. The molecular formula is C18H30N2.